The molecule has 1 N–H and O–H groups in total. The molecule has 2 fully saturated rings. The van der Waals surface area contributed by atoms with E-state index in [0.29, 0.717) is 24.9 Å². The molecular formula is C20H31IN4O. The highest BCUT2D eigenvalue weighted by molar-refractivity contribution is 14.0. The zero-order valence-corrected chi connectivity index (χ0v) is 18.2. The second kappa shape index (κ2) is 9.58. The van der Waals surface area contributed by atoms with Crippen LogP contribution >= 0.6 is 24.0 Å². The highest BCUT2D eigenvalue weighted by Crippen LogP contribution is 2.47. The smallest absolute Gasteiger partial charge is 0.224 e. The van der Waals surface area contributed by atoms with Gasteiger partial charge < -0.3 is 15.1 Å². The topological polar surface area (TPSA) is 47.9 Å². The first-order valence-electron chi connectivity index (χ1n) is 9.35. The Hall–Kier alpha value is -1.31. The van der Waals surface area contributed by atoms with Gasteiger partial charge in [-0.2, -0.15) is 0 Å². The van der Waals surface area contributed by atoms with E-state index in [1.54, 1.807) is 4.90 Å². The zero-order valence-electron chi connectivity index (χ0n) is 15.9. The van der Waals surface area contributed by atoms with Crippen LogP contribution < -0.4 is 5.32 Å². The number of hydrogen-bond acceptors (Lipinski definition) is 2. The third-order valence-electron chi connectivity index (χ3n) is 5.67. The SMILES string of the molecule is CN=C(NCCC(=O)N(C)Cc1ccccc1)N1CCC2(CCC2)C1.I. The van der Waals surface area contributed by atoms with Crippen molar-refractivity contribution in [2.75, 3.05) is 33.7 Å². The molecular weight excluding hydrogens is 439 g/mol. The van der Waals surface area contributed by atoms with Gasteiger partial charge in [-0.3, -0.25) is 9.79 Å². The van der Waals surface area contributed by atoms with Crippen LogP contribution in [0.4, 0.5) is 0 Å². The Kier molecular flexibility index (Phi) is 7.73. The number of rotatable bonds is 5. The van der Waals surface area contributed by atoms with Gasteiger partial charge in [-0.15, -0.1) is 24.0 Å². The number of nitrogens with one attached hydrogen (secondary N) is 1. The quantitative estimate of drug-likeness (QED) is 0.409. The highest BCUT2D eigenvalue weighted by atomic mass is 127. The van der Waals surface area contributed by atoms with E-state index < -0.39 is 0 Å². The number of carbonyl (C=O) groups excluding carboxylic acids is 1. The lowest BCUT2D eigenvalue weighted by molar-refractivity contribution is -0.130. The molecule has 5 nitrogen and oxygen atoms in total. The number of aliphatic imine (C=N–C) groups is 1. The molecule has 1 aliphatic heterocycles. The number of carbonyl (C=O) groups is 1. The fourth-order valence-corrected chi connectivity index (χ4v) is 3.95. The number of amides is 1. The lowest BCUT2D eigenvalue weighted by Gasteiger charge is -2.38. The summed E-state index contributed by atoms with van der Waals surface area (Å²) >= 11 is 0. The van der Waals surface area contributed by atoms with Crippen LogP contribution in [0.2, 0.25) is 0 Å². The van der Waals surface area contributed by atoms with Crippen LogP contribution in [0.1, 0.15) is 37.7 Å². The van der Waals surface area contributed by atoms with Gasteiger partial charge in [-0.05, 0) is 30.2 Å². The van der Waals surface area contributed by atoms with Gasteiger partial charge in [0.15, 0.2) is 5.96 Å². The zero-order chi connectivity index (χ0) is 17.7. The van der Waals surface area contributed by atoms with E-state index in [9.17, 15) is 4.79 Å². The van der Waals surface area contributed by atoms with E-state index in [2.05, 4.69) is 15.2 Å². The monoisotopic (exact) mass is 470 g/mol. The van der Waals surface area contributed by atoms with Crippen LogP contribution in [0.15, 0.2) is 35.3 Å². The lowest BCUT2D eigenvalue weighted by atomic mass is 9.68. The van der Waals surface area contributed by atoms with Crippen molar-refractivity contribution in [1.29, 1.82) is 0 Å². The van der Waals surface area contributed by atoms with Gasteiger partial charge in [0, 0.05) is 46.7 Å². The van der Waals surface area contributed by atoms with Gasteiger partial charge in [0.05, 0.1) is 0 Å². The van der Waals surface area contributed by atoms with E-state index in [4.69, 9.17) is 0 Å². The molecule has 2 aliphatic rings. The lowest BCUT2D eigenvalue weighted by Crippen LogP contribution is -2.43. The van der Waals surface area contributed by atoms with Gasteiger partial charge in [0.1, 0.15) is 0 Å². The predicted molar refractivity (Wildman–Crippen MR) is 117 cm³/mol. The summed E-state index contributed by atoms with van der Waals surface area (Å²) in [6.45, 7) is 3.49. The predicted octanol–water partition coefficient (Wildman–Crippen LogP) is 3.10. The summed E-state index contributed by atoms with van der Waals surface area (Å²) in [5.41, 5.74) is 1.72. The van der Waals surface area contributed by atoms with Crippen LogP contribution in [-0.2, 0) is 11.3 Å². The summed E-state index contributed by atoms with van der Waals surface area (Å²) < 4.78 is 0. The van der Waals surface area contributed by atoms with Crippen LogP contribution in [0.5, 0.6) is 0 Å². The van der Waals surface area contributed by atoms with Gasteiger partial charge >= 0.3 is 0 Å². The number of likely N-dealkylation sites (tertiary alicyclic amines) is 1. The number of guanidine groups is 1. The summed E-state index contributed by atoms with van der Waals surface area (Å²) in [7, 11) is 3.70. The number of hydrogen-bond donors (Lipinski definition) is 1. The van der Waals surface area contributed by atoms with Crippen molar-refractivity contribution >= 4 is 35.8 Å². The summed E-state index contributed by atoms with van der Waals surface area (Å²) in [4.78, 5) is 20.9. The summed E-state index contributed by atoms with van der Waals surface area (Å²) in [6.07, 6.45) is 5.88. The minimum absolute atomic E-state index is 0. The Morgan fingerprint density at radius 3 is 2.58 bits per heavy atom. The highest BCUT2D eigenvalue weighted by Gasteiger charge is 2.43. The van der Waals surface area contributed by atoms with Gasteiger partial charge in [0.2, 0.25) is 5.91 Å². The maximum atomic E-state index is 12.3. The van der Waals surface area contributed by atoms with Gasteiger partial charge in [0.25, 0.3) is 0 Å². The first-order valence-corrected chi connectivity index (χ1v) is 9.35. The fourth-order valence-electron chi connectivity index (χ4n) is 3.95. The molecule has 3 rings (SSSR count). The van der Waals surface area contributed by atoms with Crippen molar-refractivity contribution in [2.45, 2.75) is 38.6 Å². The molecule has 1 saturated carbocycles. The molecule has 26 heavy (non-hydrogen) atoms. The number of halogens is 1. The molecule has 0 aromatic heterocycles. The molecule has 0 unspecified atom stereocenters. The molecule has 1 aromatic rings. The van der Waals surface area contributed by atoms with Crippen LogP contribution in [0.25, 0.3) is 0 Å². The molecule has 1 saturated heterocycles. The van der Waals surface area contributed by atoms with Crippen molar-refractivity contribution in [3.8, 4) is 0 Å². The van der Waals surface area contributed by atoms with Crippen molar-refractivity contribution in [3.63, 3.8) is 0 Å². The Bertz CT molecular complexity index is 615. The average Bonchev–Trinajstić information content (AvgIpc) is 3.05. The number of benzene rings is 1. The van der Waals surface area contributed by atoms with E-state index in [-0.39, 0.29) is 29.9 Å². The standard InChI is InChI=1S/C20H30N4O.HI/c1-21-19(24-14-12-20(16-24)10-6-11-20)22-13-9-18(25)23(2)15-17-7-4-3-5-8-17;/h3-5,7-8H,6,9-16H2,1-2H3,(H,21,22);1H. The Balaban J connectivity index is 0.00000243. The normalized spacial score (nSPS) is 18.2. The Labute approximate surface area is 174 Å². The van der Waals surface area contributed by atoms with Gasteiger partial charge in [-0.25, -0.2) is 0 Å². The summed E-state index contributed by atoms with van der Waals surface area (Å²) in [5.74, 6) is 1.10. The molecule has 1 spiro atoms. The van der Waals surface area contributed by atoms with Crippen molar-refractivity contribution < 1.29 is 4.79 Å². The molecule has 1 heterocycles. The first-order chi connectivity index (χ1) is 12.1. The number of nitrogens with zero attached hydrogens (tertiary/aromatic N) is 3. The first kappa shape index (κ1) is 21.0. The summed E-state index contributed by atoms with van der Waals surface area (Å²) in [6, 6.07) is 10.1. The average molecular weight is 470 g/mol. The Morgan fingerprint density at radius 2 is 2.00 bits per heavy atom. The Morgan fingerprint density at radius 1 is 1.27 bits per heavy atom. The van der Waals surface area contributed by atoms with Crippen molar-refractivity contribution in [3.05, 3.63) is 35.9 Å². The molecule has 1 aromatic carbocycles. The molecule has 0 atom stereocenters. The van der Waals surface area contributed by atoms with E-state index in [0.717, 1.165) is 24.6 Å². The minimum Gasteiger partial charge on any atom is -0.356 e. The van der Waals surface area contributed by atoms with E-state index in [1.807, 2.05) is 44.4 Å². The van der Waals surface area contributed by atoms with Gasteiger partial charge in [-0.1, -0.05) is 36.8 Å². The largest absolute Gasteiger partial charge is 0.356 e. The van der Waals surface area contributed by atoms with Crippen LogP contribution in [-0.4, -0.2) is 55.4 Å². The third-order valence-corrected chi connectivity index (χ3v) is 5.67. The molecule has 1 aliphatic carbocycles. The second-order valence-electron chi connectivity index (χ2n) is 7.48. The minimum atomic E-state index is 0. The molecule has 0 radical (unpaired) electrons. The van der Waals surface area contributed by atoms with Crippen molar-refractivity contribution in [2.24, 2.45) is 10.4 Å². The van der Waals surface area contributed by atoms with Crippen LogP contribution in [0, 0.1) is 5.41 Å². The molecule has 1 amide bonds. The van der Waals surface area contributed by atoms with Crippen molar-refractivity contribution in [1.82, 2.24) is 15.1 Å². The molecule has 0 bridgehead atoms. The van der Waals surface area contributed by atoms with E-state index in [1.165, 1.54) is 25.7 Å². The van der Waals surface area contributed by atoms with E-state index >= 15 is 0 Å². The second-order valence-corrected chi connectivity index (χ2v) is 7.48. The maximum Gasteiger partial charge on any atom is 0.224 e. The fraction of sp³-hybridized carbons (Fsp3) is 0.600. The molecule has 144 valence electrons. The summed E-state index contributed by atoms with van der Waals surface area (Å²) in [5, 5.41) is 3.38. The third kappa shape index (κ3) is 5.11. The molecule has 6 heteroatoms. The van der Waals surface area contributed by atoms with Crippen LogP contribution in [0.3, 0.4) is 0 Å². The maximum absolute atomic E-state index is 12.3.